The van der Waals surface area contributed by atoms with Crippen molar-refractivity contribution in [3.63, 3.8) is 0 Å². The maximum atomic E-state index is 12.4. The molecule has 1 saturated carbocycles. The van der Waals surface area contributed by atoms with Crippen molar-refractivity contribution in [2.24, 2.45) is 11.1 Å². The minimum Gasteiger partial charge on any atom is -0.326 e. The van der Waals surface area contributed by atoms with Gasteiger partial charge in [-0.3, -0.25) is 0 Å². The molecule has 0 spiro atoms. The van der Waals surface area contributed by atoms with Gasteiger partial charge in [-0.2, -0.15) is 0 Å². The van der Waals surface area contributed by atoms with E-state index >= 15 is 0 Å². The molecule has 108 valence electrons. The quantitative estimate of drug-likeness (QED) is 0.897. The highest BCUT2D eigenvalue weighted by Gasteiger charge is 2.35. The third-order valence-corrected chi connectivity index (χ3v) is 6.98. The molecule has 1 aliphatic rings. The van der Waals surface area contributed by atoms with Crippen LogP contribution in [0.5, 0.6) is 0 Å². The lowest BCUT2D eigenvalue weighted by Crippen LogP contribution is -2.46. The standard InChI is InChI=1S/C13H22N2O2S2/c1-13(2)8-4-3-5-11(13)15-19(16,17)12-7-6-10(9-14)18-12/h6-7,11,15H,3-5,8-9,14H2,1-2H3. The zero-order valence-corrected chi connectivity index (χ0v) is 13.1. The number of nitrogens with two attached hydrogens (primary N) is 1. The van der Waals surface area contributed by atoms with Crippen LogP contribution in [0.1, 0.15) is 44.4 Å². The van der Waals surface area contributed by atoms with Crippen LogP contribution < -0.4 is 10.5 Å². The summed E-state index contributed by atoms with van der Waals surface area (Å²) >= 11 is 1.25. The largest absolute Gasteiger partial charge is 0.326 e. The Morgan fingerprint density at radius 3 is 2.74 bits per heavy atom. The summed E-state index contributed by atoms with van der Waals surface area (Å²) in [6.07, 6.45) is 4.26. The Labute approximate surface area is 119 Å². The summed E-state index contributed by atoms with van der Waals surface area (Å²) in [5.41, 5.74) is 5.56. The van der Waals surface area contributed by atoms with E-state index < -0.39 is 10.0 Å². The van der Waals surface area contributed by atoms with Gasteiger partial charge in [-0.1, -0.05) is 26.7 Å². The fourth-order valence-electron chi connectivity index (χ4n) is 2.57. The van der Waals surface area contributed by atoms with E-state index in [1.54, 1.807) is 12.1 Å². The second-order valence-electron chi connectivity index (χ2n) is 5.83. The zero-order chi connectivity index (χ0) is 14.1. The Hall–Kier alpha value is -0.430. The number of hydrogen-bond donors (Lipinski definition) is 2. The maximum Gasteiger partial charge on any atom is 0.250 e. The first-order valence-corrected chi connectivity index (χ1v) is 8.96. The summed E-state index contributed by atoms with van der Waals surface area (Å²) in [6.45, 7) is 4.66. The minimum atomic E-state index is -3.41. The van der Waals surface area contributed by atoms with Crippen molar-refractivity contribution in [2.45, 2.75) is 56.3 Å². The molecule has 6 heteroatoms. The SMILES string of the molecule is CC1(C)CCCCC1NS(=O)(=O)c1ccc(CN)s1. The second kappa shape index (κ2) is 5.52. The van der Waals surface area contributed by atoms with Crippen molar-refractivity contribution in [3.8, 4) is 0 Å². The number of nitrogens with one attached hydrogen (secondary N) is 1. The third kappa shape index (κ3) is 3.37. The summed E-state index contributed by atoms with van der Waals surface area (Å²) in [5, 5.41) is 0. The molecule has 0 aliphatic heterocycles. The predicted octanol–water partition coefficient (Wildman–Crippen LogP) is 2.45. The molecule has 4 nitrogen and oxygen atoms in total. The summed E-state index contributed by atoms with van der Waals surface area (Å²) < 4.78 is 28.0. The number of thiophene rings is 1. The monoisotopic (exact) mass is 302 g/mol. The molecule has 0 amide bonds. The lowest BCUT2D eigenvalue weighted by Gasteiger charge is -2.38. The zero-order valence-electron chi connectivity index (χ0n) is 11.5. The Balaban J connectivity index is 2.16. The van der Waals surface area contributed by atoms with Gasteiger partial charge in [0, 0.05) is 17.5 Å². The van der Waals surface area contributed by atoms with E-state index in [1.807, 2.05) is 0 Å². The maximum absolute atomic E-state index is 12.4. The molecule has 1 aromatic heterocycles. The molecular weight excluding hydrogens is 280 g/mol. The Bertz CT molecular complexity index is 535. The summed E-state index contributed by atoms with van der Waals surface area (Å²) in [4.78, 5) is 0.892. The van der Waals surface area contributed by atoms with Crippen LogP contribution in [0.25, 0.3) is 0 Å². The molecule has 1 fully saturated rings. The van der Waals surface area contributed by atoms with Gasteiger partial charge in [-0.25, -0.2) is 13.1 Å². The van der Waals surface area contributed by atoms with Crippen LogP contribution in [0.2, 0.25) is 0 Å². The van der Waals surface area contributed by atoms with Crippen molar-refractivity contribution < 1.29 is 8.42 Å². The molecule has 0 aromatic carbocycles. The number of rotatable bonds is 4. The van der Waals surface area contributed by atoms with E-state index in [4.69, 9.17) is 5.73 Å². The van der Waals surface area contributed by atoms with Crippen LogP contribution in [-0.2, 0) is 16.6 Å². The molecule has 1 aromatic rings. The van der Waals surface area contributed by atoms with Gasteiger partial charge in [0.15, 0.2) is 0 Å². The van der Waals surface area contributed by atoms with E-state index in [0.717, 1.165) is 24.1 Å². The smallest absolute Gasteiger partial charge is 0.250 e. The number of hydrogen-bond acceptors (Lipinski definition) is 4. The van der Waals surface area contributed by atoms with E-state index in [0.29, 0.717) is 10.8 Å². The molecule has 2 rings (SSSR count). The van der Waals surface area contributed by atoms with Crippen molar-refractivity contribution in [1.29, 1.82) is 0 Å². The second-order valence-corrected chi connectivity index (χ2v) is 8.94. The fourth-order valence-corrected chi connectivity index (χ4v) is 5.26. The molecule has 1 aliphatic carbocycles. The van der Waals surface area contributed by atoms with Gasteiger partial charge in [-0.05, 0) is 30.4 Å². The van der Waals surface area contributed by atoms with Crippen LogP contribution in [0.15, 0.2) is 16.3 Å². The minimum absolute atomic E-state index is 0.0228. The van der Waals surface area contributed by atoms with Gasteiger partial charge in [0.05, 0.1) is 0 Å². The molecule has 1 unspecified atom stereocenters. The van der Waals surface area contributed by atoms with E-state index in [-0.39, 0.29) is 11.5 Å². The molecule has 0 saturated heterocycles. The average Bonchev–Trinajstić information content (AvgIpc) is 2.81. The molecule has 19 heavy (non-hydrogen) atoms. The molecule has 3 N–H and O–H groups in total. The topological polar surface area (TPSA) is 72.2 Å². The first-order valence-electron chi connectivity index (χ1n) is 6.66. The lowest BCUT2D eigenvalue weighted by molar-refractivity contribution is 0.188. The lowest BCUT2D eigenvalue weighted by atomic mass is 9.74. The molecule has 0 bridgehead atoms. The molecule has 1 atom stereocenters. The Morgan fingerprint density at radius 1 is 1.42 bits per heavy atom. The summed E-state index contributed by atoms with van der Waals surface area (Å²) in [7, 11) is -3.41. The van der Waals surface area contributed by atoms with Crippen LogP contribution >= 0.6 is 11.3 Å². The van der Waals surface area contributed by atoms with Crippen molar-refractivity contribution in [3.05, 3.63) is 17.0 Å². The molecule has 0 radical (unpaired) electrons. The van der Waals surface area contributed by atoms with E-state index in [1.165, 1.54) is 17.8 Å². The van der Waals surface area contributed by atoms with E-state index in [9.17, 15) is 8.42 Å². The number of sulfonamides is 1. The van der Waals surface area contributed by atoms with Crippen molar-refractivity contribution in [2.75, 3.05) is 0 Å². The molecule has 1 heterocycles. The summed E-state index contributed by atoms with van der Waals surface area (Å²) in [6, 6.07) is 3.45. The van der Waals surface area contributed by atoms with Crippen LogP contribution in [0.3, 0.4) is 0 Å². The van der Waals surface area contributed by atoms with Crippen LogP contribution in [0, 0.1) is 5.41 Å². The van der Waals surface area contributed by atoms with Gasteiger partial charge in [-0.15, -0.1) is 11.3 Å². The normalized spacial score (nSPS) is 23.4. The third-order valence-electron chi connectivity index (χ3n) is 3.91. The van der Waals surface area contributed by atoms with Crippen molar-refractivity contribution >= 4 is 21.4 Å². The average molecular weight is 302 g/mol. The Kier molecular flexibility index (Phi) is 4.35. The first kappa shape index (κ1) is 15.0. The summed E-state index contributed by atoms with van der Waals surface area (Å²) in [5.74, 6) is 0. The fraction of sp³-hybridized carbons (Fsp3) is 0.692. The predicted molar refractivity (Wildman–Crippen MR) is 78.6 cm³/mol. The first-order chi connectivity index (χ1) is 8.85. The highest BCUT2D eigenvalue weighted by molar-refractivity contribution is 7.91. The van der Waals surface area contributed by atoms with Gasteiger partial charge in [0.2, 0.25) is 10.0 Å². The van der Waals surface area contributed by atoms with Gasteiger partial charge < -0.3 is 5.73 Å². The van der Waals surface area contributed by atoms with E-state index in [2.05, 4.69) is 18.6 Å². The Morgan fingerprint density at radius 2 is 2.16 bits per heavy atom. The van der Waals surface area contributed by atoms with Crippen LogP contribution in [-0.4, -0.2) is 14.5 Å². The van der Waals surface area contributed by atoms with Gasteiger partial charge >= 0.3 is 0 Å². The van der Waals surface area contributed by atoms with Gasteiger partial charge in [0.25, 0.3) is 0 Å². The molecular formula is C13H22N2O2S2. The van der Waals surface area contributed by atoms with Crippen LogP contribution in [0.4, 0.5) is 0 Å². The highest BCUT2D eigenvalue weighted by Crippen LogP contribution is 2.36. The van der Waals surface area contributed by atoms with Gasteiger partial charge in [0.1, 0.15) is 4.21 Å². The van der Waals surface area contributed by atoms with Crippen molar-refractivity contribution in [1.82, 2.24) is 4.72 Å². The highest BCUT2D eigenvalue weighted by atomic mass is 32.2.